The number of allylic oxidation sites excluding steroid dienone is 1. The lowest BCUT2D eigenvalue weighted by Gasteiger charge is -2.30. The number of aromatic nitrogens is 3. The van der Waals surface area contributed by atoms with Crippen molar-refractivity contribution in [1.82, 2.24) is 19.8 Å². The molecule has 0 unspecified atom stereocenters. The molecule has 1 saturated carbocycles. The van der Waals surface area contributed by atoms with Crippen molar-refractivity contribution in [3.05, 3.63) is 97.9 Å². The third-order valence-corrected chi connectivity index (χ3v) is 7.53. The highest BCUT2D eigenvalue weighted by atomic mass is 19.4. The molecule has 0 spiro atoms. The van der Waals surface area contributed by atoms with Gasteiger partial charge in [0.05, 0.1) is 23.5 Å². The van der Waals surface area contributed by atoms with E-state index < -0.39 is 70.4 Å². The lowest BCUT2D eigenvalue weighted by Crippen LogP contribution is -2.37. The van der Waals surface area contributed by atoms with Crippen LogP contribution < -0.4 is 17.1 Å². The number of aryl methyl sites for hydroxylation is 1. The van der Waals surface area contributed by atoms with Crippen LogP contribution in [0.25, 0.3) is 5.70 Å². The second-order valence-corrected chi connectivity index (χ2v) is 10.5. The maximum absolute atomic E-state index is 14.6. The predicted molar refractivity (Wildman–Crippen MR) is 141 cm³/mol. The molecule has 1 aliphatic rings. The number of nitrogens with two attached hydrogens (primary N) is 2. The molecule has 0 bridgehead atoms. The van der Waals surface area contributed by atoms with Gasteiger partial charge in [0.1, 0.15) is 17.3 Å². The molecule has 4 N–H and O–H groups in total. The minimum atomic E-state index is -5.03. The molecule has 7 nitrogen and oxygen atoms in total. The summed E-state index contributed by atoms with van der Waals surface area (Å²) in [5.74, 6) is 3.10. The summed E-state index contributed by atoms with van der Waals surface area (Å²) in [4.78, 5) is 17.3. The van der Waals surface area contributed by atoms with E-state index in [2.05, 4.69) is 10.1 Å². The second-order valence-electron chi connectivity index (χ2n) is 10.5. The minimum Gasteiger partial charge on any atom is -0.395 e. The lowest BCUT2D eigenvalue weighted by molar-refractivity contribution is -0.138. The molecule has 0 radical (unpaired) electrons. The zero-order valence-corrected chi connectivity index (χ0v) is 23.0. The van der Waals surface area contributed by atoms with Crippen molar-refractivity contribution in [2.75, 3.05) is 7.05 Å². The van der Waals surface area contributed by atoms with Gasteiger partial charge in [-0.15, -0.1) is 0 Å². The van der Waals surface area contributed by atoms with Gasteiger partial charge >= 0.3 is 12.4 Å². The zero-order chi connectivity index (χ0) is 31.9. The summed E-state index contributed by atoms with van der Waals surface area (Å²) in [6.07, 6.45) is -7.51. The van der Waals surface area contributed by atoms with Crippen molar-refractivity contribution in [3.63, 3.8) is 0 Å². The van der Waals surface area contributed by atoms with Crippen LogP contribution in [0.2, 0.25) is 0 Å². The topological polar surface area (TPSA) is 103 Å². The van der Waals surface area contributed by atoms with E-state index in [9.17, 15) is 39.9 Å². The molecular formula is C28H28F8N6O. The average Bonchev–Trinajstić information content (AvgIpc) is 2.88. The highest BCUT2D eigenvalue weighted by Crippen LogP contribution is 2.42. The highest BCUT2D eigenvalue weighted by Gasteiger charge is 2.40. The number of hydrogen-bond acceptors (Lipinski definition) is 6. The fourth-order valence-corrected chi connectivity index (χ4v) is 5.65. The Kier molecular flexibility index (Phi) is 8.86. The normalized spacial score (nSPS) is 18.4. The van der Waals surface area contributed by atoms with E-state index >= 15 is 0 Å². The lowest BCUT2D eigenvalue weighted by atomic mass is 9.75. The van der Waals surface area contributed by atoms with Gasteiger partial charge in [-0.3, -0.25) is 9.78 Å². The summed E-state index contributed by atoms with van der Waals surface area (Å²) in [6, 6.07) is 4.91. The Morgan fingerprint density at radius 3 is 2.23 bits per heavy atom. The molecule has 0 saturated heterocycles. The summed E-state index contributed by atoms with van der Waals surface area (Å²) in [6.45, 7) is 0.772. The first-order valence-electron chi connectivity index (χ1n) is 13.1. The molecule has 1 aromatic carbocycles. The molecule has 1 aliphatic carbocycles. The van der Waals surface area contributed by atoms with Gasteiger partial charge in [0, 0.05) is 24.9 Å². The summed E-state index contributed by atoms with van der Waals surface area (Å²) < 4.78 is 111. The number of rotatable bonds is 6. The van der Waals surface area contributed by atoms with Crippen molar-refractivity contribution in [2.24, 2.45) is 11.6 Å². The van der Waals surface area contributed by atoms with Gasteiger partial charge in [-0.2, -0.15) is 31.4 Å². The smallest absolute Gasteiger partial charge is 0.395 e. The number of hydrogen-bond donors (Lipinski definition) is 2. The first-order chi connectivity index (χ1) is 20.0. The van der Waals surface area contributed by atoms with Gasteiger partial charge in [-0.25, -0.2) is 19.3 Å². The zero-order valence-electron chi connectivity index (χ0n) is 23.0. The summed E-state index contributed by atoms with van der Waals surface area (Å²) >= 11 is 0. The maximum atomic E-state index is 14.6. The molecule has 0 aliphatic heterocycles. The number of halogens is 8. The minimum absolute atomic E-state index is 0.0200. The Balaban J connectivity index is 1.80. The SMILES string of the molecule is Cc1cc(F)cc(F)c1C1CCC(c2cc(/C(N)=C(/N(C)N)C(F)(F)F)nn(Cc3ncccc3C(F)(F)F)c2=O)CC1. The van der Waals surface area contributed by atoms with Gasteiger partial charge in [-0.05, 0) is 79.8 Å². The van der Waals surface area contributed by atoms with Crippen molar-refractivity contribution in [3.8, 4) is 0 Å². The van der Waals surface area contributed by atoms with E-state index in [0.29, 0.717) is 28.7 Å². The quantitative estimate of drug-likeness (QED) is 0.209. The van der Waals surface area contributed by atoms with Gasteiger partial charge in [0.15, 0.2) is 5.70 Å². The fraction of sp³-hybridized carbons (Fsp3) is 0.393. The molecule has 4 rings (SSSR count). The molecule has 1 fully saturated rings. The van der Waals surface area contributed by atoms with Gasteiger partial charge in [0.2, 0.25) is 0 Å². The second kappa shape index (κ2) is 11.9. The number of hydrazine groups is 1. The number of pyridine rings is 1. The van der Waals surface area contributed by atoms with Crippen LogP contribution in [0.1, 0.15) is 71.2 Å². The van der Waals surface area contributed by atoms with Crippen LogP contribution in [0, 0.1) is 18.6 Å². The molecule has 2 heterocycles. The molecule has 0 amide bonds. The van der Waals surface area contributed by atoms with Crippen molar-refractivity contribution in [2.45, 2.75) is 63.3 Å². The Morgan fingerprint density at radius 2 is 1.67 bits per heavy atom. The van der Waals surface area contributed by atoms with Crippen LogP contribution in [0.5, 0.6) is 0 Å². The van der Waals surface area contributed by atoms with Crippen molar-refractivity contribution < 1.29 is 35.1 Å². The number of alkyl halides is 6. The molecule has 232 valence electrons. The van der Waals surface area contributed by atoms with Crippen LogP contribution in [-0.4, -0.2) is 33.0 Å². The third-order valence-electron chi connectivity index (χ3n) is 7.53. The molecule has 0 atom stereocenters. The largest absolute Gasteiger partial charge is 0.434 e. The van der Waals surface area contributed by atoms with Gasteiger partial charge in [0.25, 0.3) is 5.56 Å². The number of benzene rings is 1. The van der Waals surface area contributed by atoms with Crippen LogP contribution >= 0.6 is 0 Å². The Bertz CT molecular complexity index is 1560. The first kappa shape index (κ1) is 31.9. The van der Waals surface area contributed by atoms with Crippen molar-refractivity contribution >= 4 is 5.70 Å². The first-order valence-corrected chi connectivity index (χ1v) is 13.1. The van der Waals surface area contributed by atoms with Gasteiger partial charge < -0.3 is 10.7 Å². The Morgan fingerprint density at radius 1 is 1.05 bits per heavy atom. The van der Waals surface area contributed by atoms with E-state index in [-0.39, 0.29) is 29.3 Å². The van der Waals surface area contributed by atoms with Crippen LogP contribution in [0.15, 0.2) is 47.0 Å². The summed E-state index contributed by atoms with van der Waals surface area (Å²) in [5.41, 5.74) is 1.12. The van der Waals surface area contributed by atoms with E-state index in [1.807, 2.05) is 0 Å². The summed E-state index contributed by atoms with van der Waals surface area (Å²) in [5, 5.41) is 4.14. The van der Waals surface area contributed by atoms with Crippen LogP contribution in [0.4, 0.5) is 35.1 Å². The molecule has 43 heavy (non-hydrogen) atoms. The molecule has 3 aromatic rings. The third kappa shape index (κ3) is 6.81. The molecule has 2 aromatic heterocycles. The maximum Gasteiger partial charge on any atom is 0.434 e. The Labute approximate surface area is 240 Å². The van der Waals surface area contributed by atoms with E-state index in [4.69, 9.17) is 11.6 Å². The van der Waals surface area contributed by atoms with E-state index in [1.165, 1.54) is 6.07 Å². The van der Waals surface area contributed by atoms with E-state index in [1.54, 1.807) is 6.92 Å². The average molecular weight is 617 g/mol. The van der Waals surface area contributed by atoms with Crippen LogP contribution in [-0.2, 0) is 12.7 Å². The fourth-order valence-electron chi connectivity index (χ4n) is 5.65. The Hall–Kier alpha value is -4.01. The molecular weight excluding hydrogens is 588 g/mol. The standard InChI is InChI=1S/C28H28F8N6O/c1-14-10-17(29)11-20(30)23(14)16-7-5-15(6-8-16)18-12-21(24(37)25(41(2)38)28(34,35)36)40-42(26(18)43)13-22-19(27(31,32)33)4-3-9-39-22/h3-4,9-12,15-16H,5-8,13,37-38H2,1-2H3/b25-24-. The predicted octanol–water partition coefficient (Wildman–Crippen LogP) is 5.73. The van der Waals surface area contributed by atoms with Gasteiger partial charge in [-0.1, -0.05) is 0 Å². The summed E-state index contributed by atoms with van der Waals surface area (Å²) in [7, 11) is 0.897. The molecule has 15 heteroatoms. The van der Waals surface area contributed by atoms with Crippen LogP contribution in [0.3, 0.4) is 0 Å². The highest BCUT2D eigenvalue weighted by molar-refractivity contribution is 5.63. The van der Waals surface area contributed by atoms with E-state index in [0.717, 1.165) is 37.5 Å². The van der Waals surface area contributed by atoms with Crippen molar-refractivity contribution in [1.29, 1.82) is 0 Å². The number of nitrogens with zero attached hydrogens (tertiary/aromatic N) is 4. The monoisotopic (exact) mass is 616 g/mol.